The van der Waals surface area contributed by atoms with Crippen LogP contribution in [-0.2, 0) is 14.4 Å². The van der Waals surface area contributed by atoms with Crippen LogP contribution in [0.15, 0.2) is 47.7 Å². The van der Waals surface area contributed by atoms with E-state index >= 15 is 0 Å². The maximum absolute atomic E-state index is 14.3. The van der Waals surface area contributed by atoms with Gasteiger partial charge in [-0.1, -0.05) is 30.5 Å². The van der Waals surface area contributed by atoms with E-state index < -0.39 is 29.6 Å². The van der Waals surface area contributed by atoms with Gasteiger partial charge in [-0.2, -0.15) is 0 Å². The maximum Gasteiger partial charge on any atom is 0.335 e. The molecule has 10 nitrogen and oxygen atoms in total. The predicted octanol–water partition coefficient (Wildman–Crippen LogP) is 4.37. The van der Waals surface area contributed by atoms with E-state index in [0.717, 1.165) is 12.5 Å². The number of unbranched alkanes of at least 4 members (excludes halogenated alkanes) is 3. The number of allylic oxidation sites excluding steroid dienone is 1. The second kappa shape index (κ2) is 14.5. The number of carbonyl (C=O) groups excluding carboxylic acids is 3. The smallest absolute Gasteiger partial charge is 0.335 e. The van der Waals surface area contributed by atoms with E-state index in [4.69, 9.17) is 27.9 Å². The van der Waals surface area contributed by atoms with Crippen LogP contribution in [0.5, 0.6) is 0 Å². The Bertz CT molecular complexity index is 1250. The summed E-state index contributed by atoms with van der Waals surface area (Å²) >= 11 is 5.80. The molecule has 0 aliphatic carbocycles. The summed E-state index contributed by atoms with van der Waals surface area (Å²) in [6.45, 7) is 1.47. The van der Waals surface area contributed by atoms with Crippen LogP contribution in [0, 0.1) is 11.2 Å². The minimum absolute atomic E-state index is 0.00639. The molecule has 0 aromatic heterocycles. The van der Waals surface area contributed by atoms with Gasteiger partial charge in [0.2, 0.25) is 5.91 Å². The molecule has 38 heavy (non-hydrogen) atoms. The molecular formula is C26H29ClFN5O5. The van der Waals surface area contributed by atoms with E-state index in [2.05, 4.69) is 16.0 Å². The molecule has 202 valence electrons. The molecular weight excluding hydrogens is 517 g/mol. The second-order valence-electron chi connectivity index (χ2n) is 8.34. The zero-order valence-corrected chi connectivity index (χ0v) is 21.4. The van der Waals surface area contributed by atoms with Crippen molar-refractivity contribution in [3.63, 3.8) is 0 Å². The average Bonchev–Trinajstić information content (AvgIpc) is 2.87. The Kier molecular flexibility index (Phi) is 11.4. The van der Waals surface area contributed by atoms with Gasteiger partial charge in [0.05, 0.1) is 33.2 Å². The van der Waals surface area contributed by atoms with Crippen molar-refractivity contribution in [2.75, 3.05) is 16.4 Å². The standard InChI is InChI=1S/C26H29ClFN5O5/c1-15(31-21-9-6-7-18(27)23(21)28)17(14-29)24(35)33-22(8-4-2-3-5-12-34)25(36)32-20-11-10-16(26(37)38)13-19(20)30/h6-7,9-14,22,29,31H,2-5,8,30H2,1H3,(H,32,36)(H,33,35)(H,37,38)/b17-15+,29-14?. The van der Waals surface area contributed by atoms with Crippen molar-refractivity contribution in [1.82, 2.24) is 5.32 Å². The predicted molar refractivity (Wildman–Crippen MR) is 144 cm³/mol. The molecule has 0 bridgehead atoms. The van der Waals surface area contributed by atoms with Gasteiger partial charge in [0, 0.05) is 18.3 Å². The molecule has 2 aromatic carbocycles. The summed E-state index contributed by atoms with van der Waals surface area (Å²) in [5, 5.41) is 24.6. The van der Waals surface area contributed by atoms with E-state index in [9.17, 15) is 23.6 Å². The van der Waals surface area contributed by atoms with Crippen LogP contribution in [0.4, 0.5) is 21.5 Å². The monoisotopic (exact) mass is 545 g/mol. The van der Waals surface area contributed by atoms with Gasteiger partial charge in [0.1, 0.15) is 12.3 Å². The molecule has 2 rings (SSSR count). The lowest BCUT2D eigenvalue weighted by Gasteiger charge is -2.20. The number of nitrogen functional groups attached to an aromatic ring is 1. The summed E-state index contributed by atoms with van der Waals surface area (Å²) in [5.74, 6) is -3.27. The highest BCUT2D eigenvalue weighted by Gasteiger charge is 2.24. The summed E-state index contributed by atoms with van der Waals surface area (Å²) in [6, 6.07) is 7.07. The van der Waals surface area contributed by atoms with Crippen LogP contribution in [0.1, 0.15) is 49.4 Å². The number of halogens is 2. The zero-order valence-electron chi connectivity index (χ0n) is 20.6. The highest BCUT2D eigenvalue weighted by atomic mass is 35.5. The molecule has 2 aromatic rings. The lowest BCUT2D eigenvalue weighted by atomic mass is 10.0. The molecule has 0 aliphatic rings. The summed E-state index contributed by atoms with van der Waals surface area (Å²) < 4.78 is 14.3. The summed E-state index contributed by atoms with van der Waals surface area (Å²) in [7, 11) is 0. The SMILES string of the molecule is C/C(Nc1cccc(Cl)c1F)=C(/C=N)C(=O)NC(CCCCCC=O)C(=O)Nc1ccc(C(=O)O)cc1N. The van der Waals surface area contributed by atoms with Crippen LogP contribution in [0.3, 0.4) is 0 Å². The van der Waals surface area contributed by atoms with Crippen molar-refractivity contribution in [2.24, 2.45) is 0 Å². The maximum atomic E-state index is 14.3. The lowest BCUT2D eigenvalue weighted by Crippen LogP contribution is -2.45. The average molecular weight is 546 g/mol. The van der Waals surface area contributed by atoms with E-state index in [0.29, 0.717) is 25.7 Å². The fourth-order valence-electron chi connectivity index (χ4n) is 3.50. The topological polar surface area (TPSA) is 174 Å². The van der Waals surface area contributed by atoms with Crippen LogP contribution in [0.25, 0.3) is 0 Å². The summed E-state index contributed by atoms with van der Waals surface area (Å²) in [4.78, 5) is 47.8. The highest BCUT2D eigenvalue weighted by Crippen LogP contribution is 2.24. The molecule has 7 N–H and O–H groups in total. The summed E-state index contributed by atoms with van der Waals surface area (Å²) in [6.07, 6.45) is 3.93. The van der Waals surface area contributed by atoms with Gasteiger partial charge >= 0.3 is 5.97 Å². The number of hydrogen-bond acceptors (Lipinski definition) is 7. The number of aldehydes is 1. The van der Waals surface area contributed by atoms with Crippen molar-refractivity contribution in [3.8, 4) is 0 Å². The van der Waals surface area contributed by atoms with Crippen molar-refractivity contribution < 1.29 is 28.7 Å². The van der Waals surface area contributed by atoms with Crippen LogP contribution >= 0.6 is 11.6 Å². The highest BCUT2D eigenvalue weighted by molar-refractivity contribution is 6.31. The van der Waals surface area contributed by atoms with E-state index in [1.54, 1.807) is 0 Å². The minimum Gasteiger partial charge on any atom is -0.478 e. The van der Waals surface area contributed by atoms with Gasteiger partial charge in [-0.15, -0.1) is 0 Å². The third kappa shape index (κ3) is 8.41. The first-order chi connectivity index (χ1) is 18.1. The Morgan fingerprint density at radius 1 is 1.13 bits per heavy atom. The molecule has 0 saturated heterocycles. The van der Waals surface area contributed by atoms with Crippen molar-refractivity contribution >= 4 is 58.9 Å². The fraction of sp³-hybridized carbons (Fsp3) is 0.269. The van der Waals surface area contributed by atoms with Gasteiger partial charge in [-0.3, -0.25) is 9.59 Å². The molecule has 0 heterocycles. The van der Waals surface area contributed by atoms with Gasteiger partial charge in [0.15, 0.2) is 5.82 Å². The largest absolute Gasteiger partial charge is 0.478 e. The van der Waals surface area contributed by atoms with Gasteiger partial charge in [-0.05, 0) is 50.1 Å². The van der Waals surface area contributed by atoms with Crippen molar-refractivity contribution in [2.45, 2.75) is 45.1 Å². The number of rotatable bonds is 14. The van der Waals surface area contributed by atoms with Crippen LogP contribution < -0.4 is 21.7 Å². The number of nitrogens with two attached hydrogens (primary N) is 1. The van der Waals surface area contributed by atoms with Gasteiger partial charge in [0.25, 0.3) is 5.91 Å². The molecule has 0 saturated carbocycles. The number of carbonyl (C=O) groups is 4. The summed E-state index contributed by atoms with van der Waals surface area (Å²) in [5.41, 5.74) is 6.03. The molecule has 0 radical (unpaired) electrons. The number of carboxylic acids is 1. The molecule has 12 heteroatoms. The number of nitrogens with one attached hydrogen (secondary N) is 4. The van der Waals surface area contributed by atoms with Gasteiger partial charge < -0.3 is 37.0 Å². The minimum atomic E-state index is -1.18. The van der Waals surface area contributed by atoms with Crippen molar-refractivity contribution in [3.05, 3.63) is 64.1 Å². The Hall–Kier alpha value is -4.25. The first-order valence-corrected chi connectivity index (χ1v) is 12.1. The number of amides is 2. The Morgan fingerprint density at radius 3 is 2.50 bits per heavy atom. The van der Waals surface area contributed by atoms with E-state index in [1.807, 2.05) is 0 Å². The molecule has 0 fully saturated rings. The normalized spacial score (nSPS) is 12.1. The Labute approximate surface area is 223 Å². The van der Waals surface area contributed by atoms with Crippen LogP contribution in [0.2, 0.25) is 5.02 Å². The first kappa shape index (κ1) is 30.0. The Balaban J connectivity index is 2.24. The Morgan fingerprint density at radius 2 is 1.87 bits per heavy atom. The van der Waals surface area contributed by atoms with Crippen molar-refractivity contribution in [1.29, 1.82) is 5.41 Å². The molecule has 1 atom stereocenters. The zero-order chi connectivity index (χ0) is 28.2. The van der Waals surface area contributed by atoms with E-state index in [-0.39, 0.29) is 45.3 Å². The number of carboxylic acid groups (broad SMARTS) is 1. The molecule has 2 amide bonds. The molecule has 1 unspecified atom stereocenters. The number of anilines is 3. The third-order valence-corrected chi connectivity index (χ3v) is 5.85. The third-order valence-electron chi connectivity index (χ3n) is 5.56. The number of aromatic carboxylic acids is 1. The van der Waals surface area contributed by atoms with Crippen LogP contribution in [-0.4, -0.2) is 41.4 Å². The number of hydrogen-bond donors (Lipinski definition) is 6. The molecule has 0 aliphatic heterocycles. The van der Waals surface area contributed by atoms with E-state index in [1.165, 1.54) is 43.3 Å². The quantitative estimate of drug-likeness (QED) is 0.0671. The lowest BCUT2D eigenvalue weighted by molar-refractivity contribution is -0.124. The number of benzene rings is 2. The first-order valence-electron chi connectivity index (χ1n) is 11.7. The second-order valence-corrected chi connectivity index (χ2v) is 8.74. The van der Waals surface area contributed by atoms with Gasteiger partial charge in [-0.25, -0.2) is 9.18 Å². The fourth-order valence-corrected chi connectivity index (χ4v) is 3.68. The molecule has 0 spiro atoms.